The summed E-state index contributed by atoms with van der Waals surface area (Å²) in [7, 11) is 0. The highest BCUT2D eigenvalue weighted by Gasteiger charge is 2.14. The molecule has 90 valence electrons. The van der Waals surface area contributed by atoms with Crippen LogP contribution in [-0.2, 0) is 6.54 Å². The second-order valence-corrected chi connectivity index (χ2v) is 5.14. The highest BCUT2D eigenvalue weighted by molar-refractivity contribution is 7.08. The van der Waals surface area contributed by atoms with E-state index in [2.05, 4.69) is 15.0 Å². The van der Waals surface area contributed by atoms with Gasteiger partial charge < -0.3 is 4.52 Å². The Morgan fingerprint density at radius 3 is 2.94 bits per heavy atom. The first-order chi connectivity index (χ1) is 8.42. The molecule has 1 saturated heterocycles. The van der Waals surface area contributed by atoms with Gasteiger partial charge in [-0.15, -0.1) is 0 Å². The van der Waals surface area contributed by atoms with Gasteiger partial charge in [0.15, 0.2) is 5.82 Å². The molecule has 2 aromatic heterocycles. The lowest BCUT2D eigenvalue weighted by molar-refractivity contribution is 0.213. The van der Waals surface area contributed by atoms with Gasteiger partial charge in [0, 0.05) is 5.38 Å². The predicted molar refractivity (Wildman–Crippen MR) is 66.7 cm³/mol. The molecule has 3 heterocycles. The van der Waals surface area contributed by atoms with Crippen LogP contribution in [0.25, 0.3) is 11.5 Å². The van der Waals surface area contributed by atoms with Gasteiger partial charge in [-0.1, -0.05) is 11.6 Å². The van der Waals surface area contributed by atoms with Crippen LogP contribution in [-0.4, -0.2) is 28.1 Å². The maximum absolute atomic E-state index is 5.27. The minimum Gasteiger partial charge on any atom is -0.334 e. The number of hydrogen-bond donors (Lipinski definition) is 0. The van der Waals surface area contributed by atoms with Crippen LogP contribution in [0.3, 0.4) is 0 Å². The van der Waals surface area contributed by atoms with E-state index in [9.17, 15) is 0 Å². The molecule has 0 bridgehead atoms. The second kappa shape index (κ2) is 4.98. The van der Waals surface area contributed by atoms with Gasteiger partial charge in [0.2, 0.25) is 0 Å². The molecule has 1 aliphatic heterocycles. The summed E-state index contributed by atoms with van der Waals surface area (Å²) in [6.07, 6.45) is 3.92. The maximum atomic E-state index is 5.27. The van der Waals surface area contributed by atoms with Gasteiger partial charge in [0.1, 0.15) is 0 Å². The lowest BCUT2D eigenvalue weighted by Gasteiger charge is -2.24. The van der Waals surface area contributed by atoms with Gasteiger partial charge in [-0.25, -0.2) is 0 Å². The van der Waals surface area contributed by atoms with E-state index in [1.54, 1.807) is 11.3 Å². The lowest BCUT2D eigenvalue weighted by Crippen LogP contribution is -2.29. The van der Waals surface area contributed by atoms with Crippen molar-refractivity contribution < 1.29 is 4.52 Å². The Balaban J connectivity index is 1.68. The average molecular weight is 249 g/mol. The van der Waals surface area contributed by atoms with Crippen LogP contribution in [0.15, 0.2) is 21.3 Å². The van der Waals surface area contributed by atoms with Crippen LogP contribution in [0, 0.1) is 0 Å². The van der Waals surface area contributed by atoms with Crippen LogP contribution in [0.1, 0.15) is 25.1 Å². The summed E-state index contributed by atoms with van der Waals surface area (Å²) in [6.45, 7) is 3.12. The van der Waals surface area contributed by atoms with Crippen molar-refractivity contribution in [2.45, 2.75) is 25.8 Å². The standard InChI is InChI=1S/C12H15N3OS/c1-2-5-15(6-3-1)8-11-13-12(16-14-11)10-4-7-17-9-10/h4,7,9H,1-3,5-6,8H2. The first-order valence-corrected chi connectivity index (χ1v) is 6.93. The van der Waals surface area contributed by atoms with Crippen LogP contribution in [0.5, 0.6) is 0 Å². The highest BCUT2D eigenvalue weighted by Crippen LogP contribution is 2.20. The van der Waals surface area contributed by atoms with Crippen molar-refractivity contribution >= 4 is 11.3 Å². The van der Waals surface area contributed by atoms with Crippen LogP contribution >= 0.6 is 11.3 Å². The van der Waals surface area contributed by atoms with Crippen molar-refractivity contribution in [1.82, 2.24) is 15.0 Å². The van der Waals surface area contributed by atoms with E-state index in [1.807, 2.05) is 16.8 Å². The maximum Gasteiger partial charge on any atom is 0.258 e. The average Bonchev–Trinajstić information content (AvgIpc) is 3.00. The van der Waals surface area contributed by atoms with Gasteiger partial charge in [-0.05, 0) is 37.4 Å². The summed E-state index contributed by atoms with van der Waals surface area (Å²) in [5.74, 6) is 1.44. The molecular formula is C12H15N3OS. The quantitative estimate of drug-likeness (QED) is 0.839. The zero-order chi connectivity index (χ0) is 11.5. The van der Waals surface area contributed by atoms with Crippen molar-refractivity contribution in [2.24, 2.45) is 0 Å². The first-order valence-electron chi connectivity index (χ1n) is 5.99. The molecule has 3 rings (SSSR count). The normalized spacial score (nSPS) is 17.4. The molecule has 0 N–H and O–H groups in total. The van der Waals surface area contributed by atoms with Crippen LogP contribution in [0.2, 0.25) is 0 Å². The van der Waals surface area contributed by atoms with Crippen LogP contribution < -0.4 is 0 Å². The number of nitrogens with zero attached hydrogens (tertiary/aromatic N) is 3. The molecule has 5 heteroatoms. The number of rotatable bonds is 3. The van der Waals surface area contributed by atoms with Gasteiger partial charge in [0.05, 0.1) is 12.1 Å². The van der Waals surface area contributed by atoms with Crippen molar-refractivity contribution in [3.63, 3.8) is 0 Å². The SMILES string of the molecule is c1cc(-c2nc(CN3CCCCC3)no2)cs1. The Hall–Kier alpha value is -1.20. The molecule has 0 aromatic carbocycles. The van der Waals surface area contributed by atoms with Crippen molar-refractivity contribution in [1.29, 1.82) is 0 Å². The number of likely N-dealkylation sites (tertiary alicyclic amines) is 1. The molecule has 0 radical (unpaired) electrons. The highest BCUT2D eigenvalue weighted by atomic mass is 32.1. The van der Waals surface area contributed by atoms with E-state index in [4.69, 9.17) is 4.52 Å². The van der Waals surface area contributed by atoms with Crippen molar-refractivity contribution in [2.75, 3.05) is 13.1 Å². The minimum atomic E-state index is 0.637. The third kappa shape index (κ3) is 2.56. The Kier molecular flexibility index (Phi) is 3.20. The molecule has 0 saturated carbocycles. The van der Waals surface area contributed by atoms with E-state index >= 15 is 0 Å². The minimum absolute atomic E-state index is 0.637. The summed E-state index contributed by atoms with van der Waals surface area (Å²) >= 11 is 1.64. The molecule has 0 aliphatic carbocycles. The molecule has 2 aromatic rings. The second-order valence-electron chi connectivity index (χ2n) is 4.36. The van der Waals surface area contributed by atoms with Crippen LogP contribution in [0.4, 0.5) is 0 Å². The largest absolute Gasteiger partial charge is 0.334 e. The van der Waals surface area contributed by atoms with Crippen molar-refractivity contribution in [3.05, 3.63) is 22.7 Å². The Morgan fingerprint density at radius 1 is 1.29 bits per heavy atom. The monoisotopic (exact) mass is 249 g/mol. The van der Waals surface area contributed by atoms with Crippen molar-refractivity contribution in [3.8, 4) is 11.5 Å². The fourth-order valence-electron chi connectivity index (χ4n) is 2.14. The van der Waals surface area contributed by atoms with E-state index in [-0.39, 0.29) is 0 Å². The summed E-state index contributed by atoms with van der Waals surface area (Å²) in [5, 5.41) is 8.09. The Labute approximate surface area is 104 Å². The van der Waals surface area contributed by atoms with E-state index in [1.165, 1.54) is 19.3 Å². The molecule has 0 spiro atoms. The molecule has 0 amide bonds. The summed E-state index contributed by atoms with van der Waals surface area (Å²) < 4.78 is 5.27. The molecule has 0 atom stereocenters. The smallest absolute Gasteiger partial charge is 0.258 e. The molecule has 4 nitrogen and oxygen atoms in total. The van der Waals surface area contributed by atoms with Gasteiger partial charge >= 0.3 is 0 Å². The van der Waals surface area contributed by atoms with Gasteiger partial charge in [0.25, 0.3) is 5.89 Å². The summed E-state index contributed by atoms with van der Waals surface area (Å²) in [4.78, 5) is 6.83. The zero-order valence-corrected chi connectivity index (χ0v) is 10.4. The first kappa shape index (κ1) is 10.9. The molecule has 17 heavy (non-hydrogen) atoms. The number of thiophene rings is 1. The van der Waals surface area contributed by atoms with Gasteiger partial charge in [-0.3, -0.25) is 4.90 Å². The molecular weight excluding hydrogens is 234 g/mol. The summed E-state index contributed by atoms with van der Waals surface area (Å²) in [6, 6.07) is 2.00. The number of hydrogen-bond acceptors (Lipinski definition) is 5. The summed E-state index contributed by atoms with van der Waals surface area (Å²) in [5.41, 5.74) is 1.02. The van der Waals surface area contributed by atoms with Gasteiger partial charge in [-0.2, -0.15) is 16.3 Å². The Bertz CT molecular complexity index is 460. The van der Waals surface area contributed by atoms with E-state index < -0.39 is 0 Å². The third-order valence-electron chi connectivity index (χ3n) is 3.05. The molecule has 0 unspecified atom stereocenters. The number of aromatic nitrogens is 2. The third-order valence-corrected chi connectivity index (χ3v) is 3.73. The van der Waals surface area contributed by atoms with E-state index in [0.29, 0.717) is 5.89 Å². The fraction of sp³-hybridized carbons (Fsp3) is 0.500. The number of piperidine rings is 1. The molecule has 1 fully saturated rings. The zero-order valence-electron chi connectivity index (χ0n) is 9.63. The topological polar surface area (TPSA) is 42.2 Å². The van der Waals surface area contributed by atoms with E-state index in [0.717, 1.165) is 31.0 Å². The fourth-order valence-corrected chi connectivity index (χ4v) is 2.77. The lowest BCUT2D eigenvalue weighted by atomic mass is 10.1. The predicted octanol–water partition coefficient (Wildman–Crippen LogP) is 2.78. The molecule has 1 aliphatic rings. The Morgan fingerprint density at radius 2 is 2.18 bits per heavy atom.